The normalized spacial score (nSPS) is 12.7. The van der Waals surface area contributed by atoms with Crippen LogP contribution in [0.2, 0.25) is 0 Å². The minimum atomic E-state index is -0.613. The molecule has 1 unspecified atom stereocenters. The van der Waals surface area contributed by atoms with Gasteiger partial charge in [-0.3, -0.25) is 4.68 Å². The first-order valence-corrected chi connectivity index (χ1v) is 6.51. The zero-order chi connectivity index (χ0) is 13.3. The molecule has 4 nitrogen and oxygen atoms in total. The van der Waals surface area contributed by atoms with Crippen molar-refractivity contribution in [2.45, 2.75) is 26.5 Å². The molecule has 2 aromatic rings. The van der Waals surface area contributed by atoms with E-state index in [-0.39, 0.29) is 0 Å². The van der Waals surface area contributed by atoms with Crippen molar-refractivity contribution in [1.29, 1.82) is 0 Å². The van der Waals surface area contributed by atoms with Gasteiger partial charge in [0.2, 0.25) is 0 Å². The van der Waals surface area contributed by atoms with Gasteiger partial charge in [-0.25, -0.2) is 0 Å². The Balaban J connectivity index is 2.21. The third-order valence-corrected chi connectivity index (χ3v) is 4.08. The molecule has 18 heavy (non-hydrogen) atoms. The number of anilines is 1. The lowest BCUT2D eigenvalue weighted by molar-refractivity contribution is 0.150. The highest BCUT2D eigenvalue weighted by atomic mass is 79.9. The van der Waals surface area contributed by atoms with Crippen molar-refractivity contribution in [3.05, 3.63) is 45.7 Å². The molecular weight excluding hydrogens is 294 g/mol. The molecule has 1 heterocycles. The zero-order valence-corrected chi connectivity index (χ0v) is 12.0. The van der Waals surface area contributed by atoms with E-state index in [9.17, 15) is 5.11 Å². The van der Waals surface area contributed by atoms with Gasteiger partial charge in [0, 0.05) is 11.4 Å². The SMILES string of the molecule is Cc1nn(CC(O)c2cccc(N)c2)c(C)c1Br. The number of nitrogens with zero attached hydrogens (tertiary/aromatic N) is 2. The van der Waals surface area contributed by atoms with Crippen molar-refractivity contribution in [3.8, 4) is 0 Å². The van der Waals surface area contributed by atoms with Gasteiger partial charge < -0.3 is 10.8 Å². The van der Waals surface area contributed by atoms with Crippen LogP contribution in [-0.2, 0) is 6.54 Å². The maximum Gasteiger partial charge on any atom is 0.0986 e. The van der Waals surface area contributed by atoms with E-state index in [4.69, 9.17) is 5.73 Å². The largest absolute Gasteiger partial charge is 0.399 e. The van der Waals surface area contributed by atoms with Gasteiger partial charge in [0.15, 0.2) is 0 Å². The summed E-state index contributed by atoms with van der Waals surface area (Å²) in [5.74, 6) is 0. The third kappa shape index (κ3) is 2.57. The summed E-state index contributed by atoms with van der Waals surface area (Å²) in [6.45, 7) is 4.32. The number of rotatable bonds is 3. The van der Waals surface area contributed by atoms with Crippen molar-refractivity contribution in [2.75, 3.05) is 5.73 Å². The first kappa shape index (κ1) is 13.1. The number of benzene rings is 1. The lowest BCUT2D eigenvalue weighted by atomic mass is 10.1. The predicted octanol–water partition coefficient (Wildman–Crippen LogP) is 2.58. The Bertz CT molecular complexity index is 565. The molecule has 1 atom stereocenters. The Kier molecular flexibility index (Phi) is 3.73. The van der Waals surface area contributed by atoms with Crippen LogP contribution in [0.5, 0.6) is 0 Å². The summed E-state index contributed by atoms with van der Waals surface area (Å²) in [5.41, 5.74) is 9.10. The van der Waals surface area contributed by atoms with E-state index in [1.54, 1.807) is 16.8 Å². The molecule has 0 aliphatic heterocycles. The van der Waals surface area contributed by atoms with Gasteiger partial charge in [0.05, 0.1) is 22.8 Å². The molecule has 1 aromatic carbocycles. The number of aryl methyl sites for hydroxylation is 1. The van der Waals surface area contributed by atoms with Gasteiger partial charge in [0.1, 0.15) is 0 Å². The third-order valence-electron chi connectivity index (χ3n) is 2.93. The molecule has 0 aliphatic carbocycles. The van der Waals surface area contributed by atoms with Crippen LogP contribution in [0, 0.1) is 13.8 Å². The second-order valence-electron chi connectivity index (χ2n) is 4.35. The first-order chi connectivity index (χ1) is 8.49. The molecular formula is C13H16BrN3O. The van der Waals surface area contributed by atoms with Crippen LogP contribution < -0.4 is 5.73 Å². The smallest absolute Gasteiger partial charge is 0.0986 e. The molecule has 0 saturated carbocycles. The molecule has 96 valence electrons. The summed E-state index contributed by atoms with van der Waals surface area (Å²) in [4.78, 5) is 0. The molecule has 0 spiro atoms. The molecule has 0 bridgehead atoms. The molecule has 0 aliphatic rings. The number of nitrogen functional groups attached to an aromatic ring is 1. The number of aliphatic hydroxyl groups is 1. The van der Waals surface area contributed by atoms with Crippen molar-refractivity contribution in [2.24, 2.45) is 0 Å². The van der Waals surface area contributed by atoms with Crippen molar-refractivity contribution >= 4 is 21.6 Å². The van der Waals surface area contributed by atoms with Gasteiger partial charge in [0.25, 0.3) is 0 Å². The second kappa shape index (κ2) is 5.12. The van der Waals surface area contributed by atoms with Crippen LogP contribution in [0.25, 0.3) is 0 Å². The number of hydrogen-bond donors (Lipinski definition) is 2. The molecule has 3 N–H and O–H groups in total. The Morgan fingerprint density at radius 3 is 2.72 bits per heavy atom. The number of aliphatic hydroxyl groups excluding tert-OH is 1. The van der Waals surface area contributed by atoms with Gasteiger partial charge in [-0.2, -0.15) is 5.10 Å². The Labute approximate surface area is 115 Å². The molecule has 1 aromatic heterocycles. The minimum absolute atomic E-state index is 0.418. The zero-order valence-electron chi connectivity index (χ0n) is 10.4. The highest BCUT2D eigenvalue weighted by Gasteiger charge is 2.14. The fourth-order valence-electron chi connectivity index (χ4n) is 1.89. The average Bonchev–Trinajstić information content (AvgIpc) is 2.57. The lowest BCUT2D eigenvalue weighted by Gasteiger charge is -2.13. The van der Waals surface area contributed by atoms with Crippen LogP contribution in [0.1, 0.15) is 23.1 Å². The molecule has 0 radical (unpaired) electrons. The fraction of sp³-hybridized carbons (Fsp3) is 0.308. The summed E-state index contributed by atoms with van der Waals surface area (Å²) in [7, 11) is 0. The Morgan fingerprint density at radius 2 is 2.17 bits per heavy atom. The molecule has 0 fully saturated rings. The van der Waals surface area contributed by atoms with Crippen LogP contribution >= 0.6 is 15.9 Å². The number of hydrogen-bond acceptors (Lipinski definition) is 3. The van der Waals surface area contributed by atoms with E-state index in [1.165, 1.54) is 0 Å². The Hall–Kier alpha value is -1.33. The summed E-state index contributed by atoms with van der Waals surface area (Å²) in [6, 6.07) is 7.29. The minimum Gasteiger partial charge on any atom is -0.399 e. The van der Waals surface area contributed by atoms with E-state index in [0.29, 0.717) is 12.2 Å². The van der Waals surface area contributed by atoms with Crippen LogP contribution in [0.3, 0.4) is 0 Å². The summed E-state index contributed by atoms with van der Waals surface area (Å²) < 4.78 is 2.79. The predicted molar refractivity (Wildman–Crippen MR) is 75.2 cm³/mol. The monoisotopic (exact) mass is 309 g/mol. The average molecular weight is 310 g/mol. The van der Waals surface area contributed by atoms with E-state index in [0.717, 1.165) is 21.4 Å². The summed E-state index contributed by atoms with van der Waals surface area (Å²) in [6.07, 6.45) is -0.613. The lowest BCUT2D eigenvalue weighted by Crippen LogP contribution is -2.11. The van der Waals surface area contributed by atoms with Gasteiger partial charge in [-0.15, -0.1) is 0 Å². The topological polar surface area (TPSA) is 64.1 Å². The summed E-state index contributed by atoms with van der Waals surface area (Å²) >= 11 is 3.47. The maximum absolute atomic E-state index is 10.2. The van der Waals surface area contributed by atoms with Gasteiger partial charge >= 0.3 is 0 Å². The molecule has 2 rings (SSSR count). The van der Waals surface area contributed by atoms with Gasteiger partial charge in [-0.05, 0) is 47.5 Å². The number of halogens is 1. The van der Waals surface area contributed by atoms with E-state index in [1.807, 2.05) is 26.0 Å². The number of nitrogens with two attached hydrogens (primary N) is 1. The maximum atomic E-state index is 10.2. The quantitative estimate of drug-likeness (QED) is 0.857. The first-order valence-electron chi connectivity index (χ1n) is 5.72. The van der Waals surface area contributed by atoms with Crippen molar-refractivity contribution in [3.63, 3.8) is 0 Å². The van der Waals surface area contributed by atoms with Gasteiger partial charge in [-0.1, -0.05) is 12.1 Å². The van der Waals surface area contributed by atoms with Crippen LogP contribution in [0.4, 0.5) is 5.69 Å². The molecule has 0 amide bonds. The fourth-order valence-corrected chi connectivity index (χ4v) is 2.17. The molecule has 5 heteroatoms. The summed E-state index contributed by atoms with van der Waals surface area (Å²) in [5, 5.41) is 14.6. The van der Waals surface area contributed by atoms with Crippen LogP contribution in [-0.4, -0.2) is 14.9 Å². The highest BCUT2D eigenvalue weighted by Crippen LogP contribution is 2.23. The van der Waals surface area contributed by atoms with Crippen LogP contribution in [0.15, 0.2) is 28.7 Å². The second-order valence-corrected chi connectivity index (χ2v) is 5.15. The van der Waals surface area contributed by atoms with Crippen molar-refractivity contribution in [1.82, 2.24) is 9.78 Å². The van der Waals surface area contributed by atoms with E-state index >= 15 is 0 Å². The highest BCUT2D eigenvalue weighted by molar-refractivity contribution is 9.10. The standard InChI is InChI=1S/C13H16BrN3O/c1-8-13(14)9(2)17(16-8)7-12(18)10-4-3-5-11(15)6-10/h3-6,12,18H,7,15H2,1-2H3. The Morgan fingerprint density at radius 1 is 1.44 bits per heavy atom. The van der Waals surface area contributed by atoms with E-state index < -0.39 is 6.10 Å². The number of aromatic nitrogens is 2. The van der Waals surface area contributed by atoms with Crippen molar-refractivity contribution < 1.29 is 5.11 Å². The van der Waals surface area contributed by atoms with E-state index in [2.05, 4.69) is 21.0 Å². The molecule has 0 saturated heterocycles.